The molecule has 4 atom stereocenters. The third kappa shape index (κ3) is 3.96. The normalized spacial score (nSPS) is 23.0. The van der Waals surface area contributed by atoms with E-state index in [1.807, 2.05) is 0 Å². The Kier molecular flexibility index (Phi) is 6.82. The zero-order valence-corrected chi connectivity index (χ0v) is 21.3. The van der Waals surface area contributed by atoms with Crippen molar-refractivity contribution in [1.29, 1.82) is 0 Å². The van der Waals surface area contributed by atoms with E-state index in [0.29, 0.717) is 0 Å². The Hall–Kier alpha value is -3.77. The molecule has 0 bridgehead atoms. The first-order valence-corrected chi connectivity index (χ1v) is 13.0. The maximum Gasteiger partial charge on any atom is 0.336 e. The van der Waals surface area contributed by atoms with Gasteiger partial charge in [-0.15, -0.1) is 0 Å². The Morgan fingerprint density at radius 1 is 1.19 bits per heavy atom. The van der Waals surface area contributed by atoms with Crippen molar-refractivity contribution in [2.24, 2.45) is 11.7 Å². The maximum absolute atomic E-state index is 14.1. The summed E-state index contributed by atoms with van der Waals surface area (Å²) in [4.78, 5) is 37.6. The average Bonchev–Trinajstić information content (AvgIpc) is 3.36. The SMILES string of the molecule is CCOC(=O)C1=C[C@H](C[C@H](N)C(=O)OC)[C@@]2([N+](=O)[O-])c3ccccc3N(S(=O)(=O)c3ccc(C)cc3)[C@H]12. The van der Waals surface area contributed by atoms with E-state index in [2.05, 4.69) is 0 Å². The van der Waals surface area contributed by atoms with Gasteiger partial charge in [0, 0.05) is 4.92 Å². The van der Waals surface area contributed by atoms with E-state index in [4.69, 9.17) is 15.2 Å². The molecule has 2 aromatic rings. The van der Waals surface area contributed by atoms with E-state index in [9.17, 15) is 28.1 Å². The summed E-state index contributed by atoms with van der Waals surface area (Å²) in [6, 6.07) is 9.28. The van der Waals surface area contributed by atoms with E-state index in [1.54, 1.807) is 38.1 Å². The van der Waals surface area contributed by atoms with Crippen molar-refractivity contribution in [3.8, 4) is 0 Å². The quantitative estimate of drug-likeness (QED) is 0.307. The monoisotopic (exact) mass is 529 g/mol. The lowest BCUT2D eigenvalue weighted by Crippen LogP contribution is -2.54. The number of benzene rings is 2. The molecule has 2 N–H and O–H groups in total. The lowest BCUT2D eigenvalue weighted by atomic mass is 9.76. The molecule has 12 heteroatoms. The molecule has 11 nitrogen and oxygen atoms in total. The fraction of sp³-hybridized carbons (Fsp3) is 0.360. The van der Waals surface area contributed by atoms with Crippen LogP contribution in [0.25, 0.3) is 0 Å². The lowest BCUT2D eigenvalue weighted by Gasteiger charge is -2.32. The molecule has 0 saturated heterocycles. The maximum atomic E-state index is 14.1. The van der Waals surface area contributed by atoms with Gasteiger partial charge >= 0.3 is 11.9 Å². The van der Waals surface area contributed by atoms with E-state index in [0.717, 1.165) is 17.0 Å². The predicted molar refractivity (Wildman–Crippen MR) is 133 cm³/mol. The van der Waals surface area contributed by atoms with Crippen LogP contribution in [0.1, 0.15) is 24.5 Å². The minimum absolute atomic E-state index is 0.0294. The van der Waals surface area contributed by atoms with Crippen LogP contribution in [0.2, 0.25) is 0 Å². The highest BCUT2D eigenvalue weighted by Crippen LogP contribution is 2.59. The first kappa shape index (κ1) is 26.3. The summed E-state index contributed by atoms with van der Waals surface area (Å²) in [6.45, 7) is 3.34. The second kappa shape index (κ2) is 9.60. The predicted octanol–water partition coefficient (Wildman–Crippen LogP) is 2.05. The largest absolute Gasteiger partial charge is 0.468 e. The standard InChI is InChI=1S/C25H27N3O8S/c1-4-36-23(29)18-13-16(14-20(26)24(30)35-3)25(28(31)32)19-7-5-6-8-21(19)27(22(18)25)37(33,34)17-11-9-15(2)10-12-17/h5-13,16,20,22H,4,14,26H2,1-3H3/t16-,20+,22-,25-/m1/s1. The van der Waals surface area contributed by atoms with Crippen molar-refractivity contribution in [3.05, 3.63) is 81.4 Å². The van der Waals surface area contributed by atoms with Crippen molar-refractivity contribution < 1.29 is 32.4 Å². The van der Waals surface area contributed by atoms with Gasteiger partial charge in [-0.25, -0.2) is 13.2 Å². The van der Waals surface area contributed by atoms with E-state index in [1.165, 1.54) is 30.3 Å². The van der Waals surface area contributed by atoms with E-state index >= 15 is 0 Å². The van der Waals surface area contributed by atoms with Gasteiger partial charge in [-0.05, 0) is 44.5 Å². The van der Waals surface area contributed by atoms with Gasteiger partial charge in [0.25, 0.3) is 15.6 Å². The molecule has 0 radical (unpaired) electrons. The molecule has 1 heterocycles. The Morgan fingerprint density at radius 2 is 1.84 bits per heavy atom. The van der Waals surface area contributed by atoms with Crippen LogP contribution < -0.4 is 10.0 Å². The average molecular weight is 530 g/mol. The second-order valence-corrected chi connectivity index (χ2v) is 10.7. The van der Waals surface area contributed by atoms with Crippen LogP contribution in [0.15, 0.2) is 65.1 Å². The molecule has 1 aliphatic heterocycles. The zero-order valence-electron chi connectivity index (χ0n) is 20.5. The smallest absolute Gasteiger partial charge is 0.336 e. The number of carbonyl (C=O) groups is 2. The van der Waals surface area contributed by atoms with Gasteiger partial charge < -0.3 is 15.2 Å². The molecule has 0 fully saturated rings. The van der Waals surface area contributed by atoms with Crippen molar-refractivity contribution in [2.75, 3.05) is 18.0 Å². The van der Waals surface area contributed by atoms with E-state index < -0.39 is 50.4 Å². The molecule has 2 aromatic carbocycles. The van der Waals surface area contributed by atoms with Crippen molar-refractivity contribution in [1.82, 2.24) is 0 Å². The summed E-state index contributed by atoms with van der Waals surface area (Å²) < 4.78 is 38.9. The molecule has 0 unspecified atom stereocenters. The molecule has 0 amide bonds. The van der Waals surface area contributed by atoms with Gasteiger partial charge in [-0.3, -0.25) is 19.2 Å². The number of methoxy groups -OCH3 is 1. The first-order valence-electron chi connectivity index (χ1n) is 11.6. The number of rotatable bonds is 8. The minimum Gasteiger partial charge on any atom is -0.468 e. The topological polar surface area (TPSA) is 159 Å². The number of sulfonamides is 1. The number of esters is 2. The third-order valence-electron chi connectivity index (χ3n) is 6.87. The third-order valence-corrected chi connectivity index (χ3v) is 8.66. The number of nitrogens with zero attached hydrogens (tertiary/aromatic N) is 2. The summed E-state index contributed by atoms with van der Waals surface area (Å²) >= 11 is 0. The molecule has 0 spiro atoms. The first-order chi connectivity index (χ1) is 17.5. The Morgan fingerprint density at radius 3 is 2.43 bits per heavy atom. The summed E-state index contributed by atoms with van der Waals surface area (Å²) in [6.07, 6.45) is 1.06. The number of anilines is 1. The Bertz CT molecular complexity index is 1390. The number of para-hydroxylation sites is 1. The number of fused-ring (bicyclic) bond motifs is 3. The van der Waals surface area contributed by atoms with Gasteiger partial charge in [-0.1, -0.05) is 35.9 Å². The molecule has 0 aromatic heterocycles. The number of carbonyl (C=O) groups excluding carboxylic acids is 2. The number of ether oxygens (including phenoxy) is 2. The summed E-state index contributed by atoms with van der Waals surface area (Å²) in [5.41, 5.74) is 4.66. The van der Waals surface area contributed by atoms with Crippen LogP contribution in [0.5, 0.6) is 0 Å². The molecule has 4 rings (SSSR count). The Balaban J connectivity index is 2.00. The molecule has 2 aliphatic rings. The van der Waals surface area contributed by atoms with E-state index in [-0.39, 0.29) is 34.7 Å². The fourth-order valence-electron chi connectivity index (χ4n) is 5.26. The van der Waals surface area contributed by atoms with Gasteiger partial charge in [0.1, 0.15) is 6.04 Å². The van der Waals surface area contributed by atoms with Gasteiger partial charge in [0.2, 0.25) is 0 Å². The number of hydrogen-bond acceptors (Lipinski definition) is 9. The number of aryl methyl sites for hydroxylation is 1. The Labute approximate surface area is 214 Å². The van der Waals surface area contributed by atoms with Crippen LogP contribution in [0.4, 0.5) is 5.69 Å². The van der Waals surface area contributed by atoms with Gasteiger partial charge in [0.15, 0.2) is 6.04 Å². The highest BCUT2D eigenvalue weighted by Gasteiger charge is 2.72. The second-order valence-electron chi connectivity index (χ2n) is 8.93. The van der Waals surface area contributed by atoms with Crippen LogP contribution in [0.3, 0.4) is 0 Å². The minimum atomic E-state index is -4.39. The summed E-state index contributed by atoms with van der Waals surface area (Å²) in [7, 11) is -3.25. The highest BCUT2D eigenvalue weighted by molar-refractivity contribution is 7.93. The highest BCUT2D eigenvalue weighted by atomic mass is 32.2. The van der Waals surface area contributed by atoms with Gasteiger partial charge in [-0.2, -0.15) is 0 Å². The van der Waals surface area contributed by atoms with Crippen LogP contribution in [-0.4, -0.2) is 51.1 Å². The van der Waals surface area contributed by atoms with Crippen LogP contribution in [-0.2, 0) is 34.6 Å². The molecule has 196 valence electrons. The van der Waals surface area contributed by atoms with Crippen molar-refractivity contribution in [2.45, 2.75) is 42.8 Å². The van der Waals surface area contributed by atoms with Crippen LogP contribution >= 0.6 is 0 Å². The summed E-state index contributed by atoms with van der Waals surface area (Å²) in [5, 5.41) is 13.0. The van der Waals surface area contributed by atoms with Crippen LogP contribution in [0, 0.1) is 23.0 Å². The van der Waals surface area contributed by atoms with Gasteiger partial charge in [0.05, 0.1) is 41.4 Å². The number of nitro groups is 1. The molecule has 37 heavy (non-hydrogen) atoms. The molecular formula is C25H27N3O8S. The molecule has 1 aliphatic carbocycles. The lowest BCUT2D eigenvalue weighted by molar-refractivity contribution is -0.586. The molecular weight excluding hydrogens is 502 g/mol. The van der Waals surface area contributed by atoms with Crippen molar-refractivity contribution in [3.63, 3.8) is 0 Å². The fourth-order valence-corrected chi connectivity index (χ4v) is 6.94. The molecule has 0 saturated carbocycles. The number of hydrogen-bond donors (Lipinski definition) is 1. The van der Waals surface area contributed by atoms with Crippen molar-refractivity contribution >= 4 is 27.6 Å². The summed E-state index contributed by atoms with van der Waals surface area (Å²) in [5.74, 6) is -2.80. The zero-order chi connectivity index (χ0) is 27.1. The number of nitrogens with two attached hydrogens (primary N) is 1.